The molecule has 0 radical (unpaired) electrons. The number of amides is 2. The highest BCUT2D eigenvalue weighted by atomic mass is 16.2. The van der Waals surface area contributed by atoms with Gasteiger partial charge in [-0.3, -0.25) is 9.59 Å². The molecule has 21 heavy (non-hydrogen) atoms. The molecular formula is C17H26N2O2. The van der Waals surface area contributed by atoms with Crippen molar-refractivity contribution in [2.75, 3.05) is 11.9 Å². The summed E-state index contributed by atoms with van der Waals surface area (Å²) in [6.45, 7) is 9.96. The lowest BCUT2D eigenvalue weighted by atomic mass is 10.1. The molecule has 116 valence electrons. The first-order chi connectivity index (χ1) is 9.74. The Morgan fingerprint density at radius 2 is 1.71 bits per heavy atom. The van der Waals surface area contributed by atoms with Crippen molar-refractivity contribution in [3.8, 4) is 0 Å². The first-order valence-corrected chi connectivity index (χ1v) is 7.41. The summed E-state index contributed by atoms with van der Waals surface area (Å²) in [5.74, 6) is -0.0858. The maximum atomic E-state index is 12.0. The van der Waals surface area contributed by atoms with Gasteiger partial charge in [0.25, 0.3) is 0 Å². The molecule has 0 heterocycles. The number of hydrogen-bond donors (Lipinski definition) is 1. The number of nitrogens with one attached hydrogen (secondary N) is 1. The molecule has 4 heteroatoms. The maximum absolute atomic E-state index is 12.0. The van der Waals surface area contributed by atoms with E-state index < -0.39 is 0 Å². The van der Waals surface area contributed by atoms with Crippen LogP contribution in [0.5, 0.6) is 0 Å². The fourth-order valence-electron chi connectivity index (χ4n) is 2.23. The molecule has 0 aliphatic heterocycles. The molecule has 0 bridgehead atoms. The average molecular weight is 290 g/mol. The zero-order chi connectivity index (χ0) is 16.0. The van der Waals surface area contributed by atoms with Crippen LogP contribution in [0, 0.1) is 0 Å². The van der Waals surface area contributed by atoms with Crippen molar-refractivity contribution in [3.63, 3.8) is 0 Å². The van der Waals surface area contributed by atoms with Crippen LogP contribution in [0.15, 0.2) is 24.3 Å². The molecule has 1 rings (SSSR count). The summed E-state index contributed by atoms with van der Waals surface area (Å²) in [7, 11) is 0. The fraction of sp³-hybridized carbons (Fsp3) is 0.529. The van der Waals surface area contributed by atoms with E-state index in [1.165, 1.54) is 12.5 Å². The Morgan fingerprint density at radius 3 is 2.14 bits per heavy atom. The van der Waals surface area contributed by atoms with Crippen molar-refractivity contribution in [1.82, 2.24) is 4.90 Å². The molecule has 1 aromatic rings. The normalized spacial score (nSPS) is 11.1. The Morgan fingerprint density at radius 1 is 1.14 bits per heavy atom. The van der Waals surface area contributed by atoms with Crippen LogP contribution in [-0.2, 0) is 16.0 Å². The van der Waals surface area contributed by atoms with E-state index in [9.17, 15) is 9.59 Å². The number of hydrogen-bond acceptors (Lipinski definition) is 2. The lowest BCUT2D eigenvalue weighted by Crippen LogP contribution is -2.45. The van der Waals surface area contributed by atoms with Crippen LogP contribution in [0.25, 0.3) is 0 Å². The van der Waals surface area contributed by atoms with E-state index in [0.717, 1.165) is 12.1 Å². The minimum absolute atomic E-state index is 0.0115. The minimum atomic E-state index is -0.269. The predicted molar refractivity (Wildman–Crippen MR) is 86.2 cm³/mol. The summed E-state index contributed by atoms with van der Waals surface area (Å²) in [4.78, 5) is 25.3. The lowest BCUT2D eigenvalue weighted by Gasteiger charge is -2.34. The summed E-state index contributed by atoms with van der Waals surface area (Å²) in [5.41, 5.74) is 1.76. The number of benzene rings is 1. The van der Waals surface area contributed by atoms with Gasteiger partial charge in [0, 0.05) is 31.1 Å². The van der Waals surface area contributed by atoms with Crippen molar-refractivity contribution >= 4 is 17.5 Å². The van der Waals surface area contributed by atoms with Gasteiger partial charge in [-0.15, -0.1) is 0 Å². The van der Waals surface area contributed by atoms with E-state index in [1.54, 1.807) is 4.90 Å². The van der Waals surface area contributed by atoms with Gasteiger partial charge in [-0.05, 0) is 44.9 Å². The largest absolute Gasteiger partial charge is 0.338 e. The number of aryl methyl sites for hydroxylation is 1. The standard InChI is InChI=1S/C17H26N2O2/c1-6-14-7-9-15(10-8-14)18-16(21)11-12-19(13(2)20)17(3,4)5/h7-10H,6,11-12H2,1-5H3,(H,18,21). The lowest BCUT2D eigenvalue weighted by molar-refractivity contribution is -0.134. The Hall–Kier alpha value is -1.84. The Balaban J connectivity index is 2.54. The molecule has 0 saturated heterocycles. The molecule has 0 aromatic heterocycles. The number of carbonyl (C=O) groups excluding carboxylic acids is 2. The van der Waals surface area contributed by atoms with Crippen molar-refractivity contribution in [1.29, 1.82) is 0 Å². The third kappa shape index (κ3) is 5.58. The second-order valence-corrected chi connectivity index (χ2v) is 6.19. The highest BCUT2D eigenvalue weighted by Crippen LogP contribution is 2.15. The van der Waals surface area contributed by atoms with Crippen LogP contribution in [0.3, 0.4) is 0 Å². The minimum Gasteiger partial charge on any atom is -0.338 e. The quantitative estimate of drug-likeness (QED) is 0.905. The molecule has 0 unspecified atom stereocenters. The van der Waals surface area contributed by atoms with Gasteiger partial charge < -0.3 is 10.2 Å². The van der Waals surface area contributed by atoms with Gasteiger partial charge in [0.15, 0.2) is 0 Å². The predicted octanol–water partition coefficient (Wildman–Crippen LogP) is 3.22. The fourth-order valence-corrected chi connectivity index (χ4v) is 2.23. The number of anilines is 1. The molecule has 1 aromatic carbocycles. The molecular weight excluding hydrogens is 264 g/mol. The first kappa shape index (κ1) is 17.2. The average Bonchev–Trinajstić information content (AvgIpc) is 2.37. The van der Waals surface area contributed by atoms with Gasteiger partial charge in [-0.25, -0.2) is 0 Å². The molecule has 0 fully saturated rings. The van der Waals surface area contributed by atoms with Gasteiger partial charge in [0.1, 0.15) is 0 Å². The highest BCUT2D eigenvalue weighted by molar-refractivity contribution is 5.91. The first-order valence-electron chi connectivity index (χ1n) is 7.41. The van der Waals surface area contributed by atoms with E-state index in [-0.39, 0.29) is 17.4 Å². The van der Waals surface area contributed by atoms with Crippen molar-refractivity contribution in [2.45, 2.75) is 53.0 Å². The number of carbonyl (C=O) groups is 2. The molecule has 4 nitrogen and oxygen atoms in total. The van der Waals surface area contributed by atoms with Gasteiger partial charge in [0.05, 0.1) is 0 Å². The van der Waals surface area contributed by atoms with Crippen LogP contribution >= 0.6 is 0 Å². The SMILES string of the molecule is CCc1ccc(NC(=O)CCN(C(C)=O)C(C)(C)C)cc1. The molecule has 0 spiro atoms. The Kier molecular flexibility index (Phi) is 5.94. The maximum Gasteiger partial charge on any atom is 0.226 e. The van der Waals surface area contributed by atoms with E-state index in [1.807, 2.05) is 45.0 Å². The van der Waals surface area contributed by atoms with Crippen LogP contribution in [0.4, 0.5) is 5.69 Å². The van der Waals surface area contributed by atoms with Crippen LogP contribution in [0.2, 0.25) is 0 Å². The zero-order valence-electron chi connectivity index (χ0n) is 13.7. The van der Waals surface area contributed by atoms with Gasteiger partial charge in [-0.1, -0.05) is 19.1 Å². The summed E-state index contributed by atoms with van der Waals surface area (Å²) in [6, 6.07) is 7.83. The topological polar surface area (TPSA) is 49.4 Å². The number of rotatable bonds is 5. The van der Waals surface area contributed by atoms with E-state index >= 15 is 0 Å². The van der Waals surface area contributed by atoms with E-state index in [2.05, 4.69) is 12.2 Å². The molecule has 0 atom stereocenters. The summed E-state index contributed by atoms with van der Waals surface area (Å²) in [5, 5.41) is 2.86. The van der Waals surface area contributed by atoms with E-state index in [4.69, 9.17) is 0 Å². The third-order valence-electron chi connectivity index (χ3n) is 3.40. The molecule has 0 aliphatic carbocycles. The second-order valence-electron chi connectivity index (χ2n) is 6.19. The Labute approximate surface area is 127 Å². The van der Waals surface area contributed by atoms with Crippen molar-refractivity contribution in [3.05, 3.63) is 29.8 Å². The zero-order valence-corrected chi connectivity index (χ0v) is 13.7. The molecule has 0 aliphatic rings. The smallest absolute Gasteiger partial charge is 0.226 e. The van der Waals surface area contributed by atoms with E-state index in [0.29, 0.717) is 13.0 Å². The summed E-state index contributed by atoms with van der Waals surface area (Å²) < 4.78 is 0. The summed E-state index contributed by atoms with van der Waals surface area (Å²) >= 11 is 0. The second kappa shape index (κ2) is 7.25. The highest BCUT2D eigenvalue weighted by Gasteiger charge is 2.23. The number of nitrogens with zero attached hydrogens (tertiary/aromatic N) is 1. The molecule has 1 N–H and O–H groups in total. The van der Waals surface area contributed by atoms with Crippen LogP contribution in [-0.4, -0.2) is 28.8 Å². The van der Waals surface area contributed by atoms with Crippen molar-refractivity contribution in [2.24, 2.45) is 0 Å². The van der Waals surface area contributed by atoms with Gasteiger partial charge in [-0.2, -0.15) is 0 Å². The van der Waals surface area contributed by atoms with Crippen LogP contribution in [0.1, 0.15) is 46.6 Å². The monoisotopic (exact) mass is 290 g/mol. The van der Waals surface area contributed by atoms with Crippen molar-refractivity contribution < 1.29 is 9.59 Å². The summed E-state index contributed by atoms with van der Waals surface area (Å²) in [6.07, 6.45) is 1.28. The van der Waals surface area contributed by atoms with Gasteiger partial charge in [0.2, 0.25) is 11.8 Å². The Bertz CT molecular complexity index is 487. The third-order valence-corrected chi connectivity index (χ3v) is 3.40. The van der Waals surface area contributed by atoms with Crippen LogP contribution < -0.4 is 5.32 Å². The molecule has 0 saturated carbocycles. The van der Waals surface area contributed by atoms with Gasteiger partial charge >= 0.3 is 0 Å². The molecule has 2 amide bonds.